The lowest BCUT2D eigenvalue weighted by molar-refractivity contribution is 0.330. The van der Waals surface area contributed by atoms with E-state index in [-0.39, 0.29) is 4.90 Å². The largest absolute Gasteiger partial charge is 0.492 e. The van der Waals surface area contributed by atoms with Crippen LogP contribution in [0.4, 0.5) is 11.5 Å². The zero-order chi connectivity index (χ0) is 18.9. The maximum Gasteiger partial charge on any atom is 0.246 e. The van der Waals surface area contributed by atoms with Crippen molar-refractivity contribution < 1.29 is 13.2 Å². The van der Waals surface area contributed by atoms with Crippen LogP contribution in [0.15, 0.2) is 35.5 Å². The molecular formula is C17H20N4O3S2. The van der Waals surface area contributed by atoms with Gasteiger partial charge in [-0.15, -0.1) is 11.3 Å². The molecule has 1 aromatic carbocycles. The van der Waals surface area contributed by atoms with Gasteiger partial charge in [0, 0.05) is 24.7 Å². The monoisotopic (exact) mass is 392 g/mol. The second-order valence-corrected chi connectivity index (χ2v) is 9.16. The van der Waals surface area contributed by atoms with Crippen LogP contribution in [0, 0.1) is 6.92 Å². The van der Waals surface area contributed by atoms with E-state index < -0.39 is 10.0 Å². The van der Waals surface area contributed by atoms with E-state index in [0.29, 0.717) is 23.9 Å². The van der Waals surface area contributed by atoms with Gasteiger partial charge in [-0.25, -0.2) is 22.7 Å². The average Bonchev–Trinajstić information content (AvgIpc) is 2.97. The SMILES string of the molecule is CCOc1ccc(Nc2ncnc3sc(C)cc23)cc1S(=O)(=O)N(C)C. The third-order valence-electron chi connectivity index (χ3n) is 3.72. The first-order valence-electron chi connectivity index (χ1n) is 8.00. The lowest BCUT2D eigenvalue weighted by Gasteiger charge is -2.17. The van der Waals surface area contributed by atoms with E-state index >= 15 is 0 Å². The zero-order valence-corrected chi connectivity index (χ0v) is 16.6. The standard InChI is InChI=1S/C17H20N4O3S2/c1-5-24-14-7-6-12(9-15(14)26(22,23)21(3)4)20-16-13-8-11(2)25-17(13)19-10-18-16/h6-10H,5H2,1-4H3,(H,18,19,20). The highest BCUT2D eigenvalue weighted by Gasteiger charge is 2.23. The van der Waals surface area contributed by atoms with Crippen LogP contribution in [0.2, 0.25) is 0 Å². The molecule has 0 unspecified atom stereocenters. The molecule has 9 heteroatoms. The van der Waals surface area contributed by atoms with Gasteiger partial charge in [-0.05, 0) is 38.1 Å². The number of fused-ring (bicyclic) bond motifs is 1. The number of thiophene rings is 1. The molecule has 0 amide bonds. The number of hydrogen-bond acceptors (Lipinski definition) is 7. The fourth-order valence-corrected chi connectivity index (χ4v) is 4.37. The summed E-state index contributed by atoms with van der Waals surface area (Å²) < 4.78 is 31.9. The molecule has 2 heterocycles. The Morgan fingerprint density at radius 3 is 2.69 bits per heavy atom. The Hall–Kier alpha value is -2.23. The summed E-state index contributed by atoms with van der Waals surface area (Å²) >= 11 is 1.58. The van der Waals surface area contributed by atoms with Crippen LogP contribution in [0.1, 0.15) is 11.8 Å². The molecule has 0 saturated carbocycles. The van der Waals surface area contributed by atoms with Gasteiger partial charge in [-0.1, -0.05) is 0 Å². The van der Waals surface area contributed by atoms with Gasteiger partial charge >= 0.3 is 0 Å². The number of sulfonamides is 1. The Balaban J connectivity index is 2.06. The van der Waals surface area contributed by atoms with E-state index in [1.165, 1.54) is 24.7 Å². The predicted octanol–water partition coefficient (Wildman–Crippen LogP) is 3.39. The Bertz CT molecular complexity index is 1050. The topological polar surface area (TPSA) is 84.4 Å². The van der Waals surface area contributed by atoms with Crippen LogP contribution in [0.5, 0.6) is 5.75 Å². The molecule has 0 aliphatic carbocycles. The molecule has 2 aromatic heterocycles. The average molecular weight is 393 g/mol. The van der Waals surface area contributed by atoms with Crippen LogP contribution < -0.4 is 10.1 Å². The molecule has 3 rings (SSSR count). The van der Waals surface area contributed by atoms with Crippen LogP contribution in [-0.2, 0) is 10.0 Å². The summed E-state index contributed by atoms with van der Waals surface area (Å²) in [5, 5.41) is 4.10. The van der Waals surface area contributed by atoms with E-state index in [2.05, 4.69) is 15.3 Å². The first-order valence-corrected chi connectivity index (χ1v) is 10.3. The molecular weight excluding hydrogens is 372 g/mol. The van der Waals surface area contributed by atoms with Gasteiger partial charge in [0.1, 0.15) is 27.6 Å². The molecule has 0 atom stereocenters. The fourth-order valence-electron chi connectivity index (χ4n) is 2.47. The van der Waals surface area contributed by atoms with Crippen molar-refractivity contribution in [1.82, 2.24) is 14.3 Å². The van der Waals surface area contributed by atoms with Crippen molar-refractivity contribution >= 4 is 43.1 Å². The number of benzene rings is 1. The fraction of sp³-hybridized carbons (Fsp3) is 0.294. The number of aryl methyl sites for hydroxylation is 1. The van der Waals surface area contributed by atoms with Crippen LogP contribution in [0.25, 0.3) is 10.2 Å². The first kappa shape index (κ1) is 18.6. The van der Waals surface area contributed by atoms with Crippen molar-refractivity contribution in [3.63, 3.8) is 0 Å². The van der Waals surface area contributed by atoms with Crippen molar-refractivity contribution in [3.8, 4) is 5.75 Å². The van der Waals surface area contributed by atoms with Crippen molar-refractivity contribution in [3.05, 3.63) is 35.5 Å². The number of rotatable bonds is 6. The molecule has 26 heavy (non-hydrogen) atoms. The Kier molecular flexibility index (Phi) is 5.12. The molecule has 0 aliphatic heterocycles. The number of anilines is 2. The summed E-state index contributed by atoms with van der Waals surface area (Å²) in [6, 6.07) is 6.99. The smallest absolute Gasteiger partial charge is 0.246 e. The highest BCUT2D eigenvalue weighted by molar-refractivity contribution is 7.89. The number of nitrogens with zero attached hydrogens (tertiary/aromatic N) is 3. The summed E-state index contributed by atoms with van der Waals surface area (Å²) in [7, 11) is -0.659. The Labute approximate surface area is 156 Å². The molecule has 0 saturated heterocycles. The number of aromatic nitrogens is 2. The lowest BCUT2D eigenvalue weighted by atomic mass is 10.3. The maximum absolute atomic E-state index is 12.6. The summed E-state index contributed by atoms with van der Waals surface area (Å²) in [6.45, 7) is 4.20. The Morgan fingerprint density at radius 2 is 2.00 bits per heavy atom. The normalized spacial score (nSPS) is 11.9. The van der Waals surface area contributed by atoms with Crippen molar-refractivity contribution in [2.24, 2.45) is 0 Å². The number of ether oxygens (including phenoxy) is 1. The molecule has 3 aromatic rings. The molecule has 138 valence electrons. The third kappa shape index (κ3) is 3.50. The minimum Gasteiger partial charge on any atom is -0.492 e. The zero-order valence-electron chi connectivity index (χ0n) is 15.0. The van der Waals surface area contributed by atoms with Crippen LogP contribution in [-0.4, -0.2) is 43.4 Å². The van der Waals surface area contributed by atoms with E-state index in [1.807, 2.05) is 19.9 Å². The highest BCUT2D eigenvalue weighted by atomic mass is 32.2. The minimum absolute atomic E-state index is 0.112. The lowest BCUT2D eigenvalue weighted by Crippen LogP contribution is -2.23. The number of hydrogen-bond donors (Lipinski definition) is 1. The summed E-state index contributed by atoms with van der Waals surface area (Å²) in [6.07, 6.45) is 1.49. The molecule has 0 spiro atoms. The summed E-state index contributed by atoms with van der Waals surface area (Å²) in [5.41, 5.74) is 0.609. The highest BCUT2D eigenvalue weighted by Crippen LogP contribution is 2.33. The van der Waals surface area contributed by atoms with E-state index in [9.17, 15) is 8.42 Å². The van der Waals surface area contributed by atoms with Gasteiger partial charge in [0.25, 0.3) is 0 Å². The first-order chi connectivity index (χ1) is 12.3. The minimum atomic E-state index is -3.65. The summed E-state index contributed by atoms with van der Waals surface area (Å²) in [4.78, 5) is 10.7. The molecule has 1 N–H and O–H groups in total. The van der Waals surface area contributed by atoms with Gasteiger partial charge in [-0.3, -0.25) is 0 Å². The van der Waals surface area contributed by atoms with Gasteiger partial charge in [0.15, 0.2) is 0 Å². The molecule has 0 bridgehead atoms. The van der Waals surface area contributed by atoms with Gasteiger partial charge in [0.05, 0.1) is 12.0 Å². The van der Waals surface area contributed by atoms with Crippen molar-refractivity contribution in [1.29, 1.82) is 0 Å². The molecule has 0 radical (unpaired) electrons. The predicted molar refractivity (Wildman–Crippen MR) is 104 cm³/mol. The second-order valence-electron chi connectivity index (χ2n) is 5.81. The van der Waals surface area contributed by atoms with Crippen LogP contribution >= 0.6 is 11.3 Å². The van der Waals surface area contributed by atoms with Crippen molar-refractivity contribution in [2.45, 2.75) is 18.7 Å². The molecule has 0 aliphatic rings. The molecule has 0 fully saturated rings. The molecule has 7 nitrogen and oxygen atoms in total. The van der Waals surface area contributed by atoms with Gasteiger partial charge in [0.2, 0.25) is 10.0 Å². The van der Waals surface area contributed by atoms with Crippen LogP contribution in [0.3, 0.4) is 0 Å². The quantitative estimate of drug-likeness (QED) is 0.692. The van der Waals surface area contributed by atoms with Gasteiger partial charge in [-0.2, -0.15) is 0 Å². The third-order valence-corrected chi connectivity index (χ3v) is 6.51. The Morgan fingerprint density at radius 1 is 1.23 bits per heavy atom. The number of nitrogens with one attached hydrogen (secondary N) is 1. The summed E-state index contributed by atoms with van der Waals surface area (Å²) in [5.74, 6) is 0.961. The van der Waals surface area contributed by atoms with Crippen molar-refractivity contribution in [2.75, 3.05) is 26.0 Å². The van der Waals surface area contributed by atoms with Gasteiger partial charge < -0.3 is 10.1 Å². The van der Waals surface area contributed by atoms with E-state index in [0.717, 1.165) is 15.1 Å². The second kappa shape index (κ2) is 7.18. The maximum atomic E-state index is 12.6. The van der Waals surface area contributed by atoms with E-state index in [4.69, 9.17) is 4.74 Å². The van der Waals surface area contributed by atoms with E-state index in [1.54, 1.807) is 29.5 Å².